The quantitative estimate of drug-likeness (QED) is 0.178. The van der Waals surface area contributed by atoms with Crippen molar-refractivity contribution < 1.29 is 4.42 Å². The van der Waals surface area contributed by atoms with E-state index in [1.165, 1.54) is 61.2 Å². The Hall–Kier alpha value is -6.64. The van der Waals surface area contributed by atoms with Crippen molar-refractivity contribution >= 4 is 39.0 Å². The lowest BCUT2D eigenvalue weighted by Gasteiger charge is -2.47. The van der Waals surface area contributed by atoms with Crippen molar-refractivity contribution in [2.45, 2.75) is 50.9 Å². The molecule has 9 aromatic rings. The molecular weight excluding hydrogens is 703 g/mol. The van der Waals surface area contributed by atoms with E-state index in [0.29, 0.717) is 0 Å². The fourth-order valence-electron chi connectivity index (χ4n) is 10.5. The standard InChI is InChI=1S/C56H45NO/c1-54(2,3)47-26-17-27-48-53(47)42-22-9-12-23-43(42)56(48)45-25-14-13-24-44(45)55(4,5)49-34-37(31-33-46(49)56)57(50-28-15-10-20-39(50)36-18-7-6-8-19-36)38-30-32-41-40-21-11-16-29-51(40)58-52(41)35-38/h6-35H,1-5H3. The summed E-state index contributed by atoms with van der Waals surface area (Å²) in [4.78, 5) is 2.44. The fraction of sp³-hybridized carbons (Fsp3) is 0.143. The first-order chi connectivity index (χ1) is 28.2. The van der Waals surface area contributed by atoms with Crippen LogP contribution in [0.2, 0.25) is 0 Å². The maximum Gasteiger partial charge on any atom is 0.137 e. The molecule has 0 fully saturated rings. The highest BCUT2D eigenvalue weighted by atomic mass is 16.3. The van der Waals surface area contributed by atoms with Crippen LogP contribution < -0.4 is 4.90 Å². The smallest absolute Gasteiger partial charge is 0.137 e. The predicted molar refractivity (Wildman–Crippen MR) is 242 cm³/mol. The third-order valence-electron chi connectivity index (χ3n) is 13.1. The molecule has 0 aliphatic heterocycles. The molecule has 11 rings (SSSR count). The second-order valence-electron chi connectivity index (χ2n) is 17.7. The average molecular weight is 748 g/mol. The first kappa shape index (κ1) is 34.6. The topological polar surface area (TPSA) is 16.4 Å². The number of anilines is 3. The maximum atomic E-state index is 6.53. The van der Waals surface area contributed by atoms with E-state index in [4.69, 9.17) is 4.42 Å². The number of rotatable bonds is 4. The number of hydrogen-bond acceptors (Lipinski definition) is 2. The van der Waals surface area contributed by atoms with Crippen molar-refractivity contribution in [2.75, 3.05) is 4.90 Å². The van der Waals surface area contributed by atoms with E-state index >= 15 is 0 Å². The number of furan rings is 1. The van der Waals surface area contributed by atoms with E-state index in [1.807, 2.05) is 6.07 Å². The SMILES string of the molecule is CC(C)(C)c1cccc2c1-c1ccccc1C21c2ccccc2C(C)(C)c2cc(N(c3ccc4c(c3)oc3ccccc34)c3ccccc3-c3ccccc3)ccc21. The number of hydrogen-bond donors (Lipinski definition) is 0. The minimum absolute atomic E-state index is 0.0300. The Kier molecular flexibility index (Phi) is 7.41. The van der Waals surface area contributed by atoms with Gasteiger partial charge in [0.1, 0.15) is 11.2 Å². The molecule has 1 aromatic heterocycles. The van der Waals surface area contributed by atoms with Gasteiger partial charge in [-0.15, -0.1) is 0 Å². The van der Waals surface area contributed by atoms with Gasteiger partial charge in [-0.25, -0.2) is 0 Å². The molecule has 280 valence electrons. The van der Waals surface area contributed by atoms with Gasteiger partial charge in [-0.2, -0.15) is 0 Å². The molecule has 58 heavy (non-hydrogen) atoms. The summed E-state index contributed by atoms with van der Waals surface area (Å²) in [6.07, 6.45) is 0. The number of fused-ring (bicyclic) bond motifs is 12. The monoisotopic (exact) mass is 747 g/mol. The van der Waals surface area contributed by atoms with E-state index < -0.39 is 5.41 Å². The van der Waals surface area contributed by atoms with Crippen molar-refractivity contribution in [3.05, 3.63) is 221 Å². The molecule has 0 radical (unpaired) electrons. The molecule has 1 atom stereocenters. The number of nitrogens with zero attached hydrogens (tertiary/aromatic N) is 1. The van der Waals surface area contributed by atoms with Crippen molar-refractivity contribution in [1.82, 2.24) is 0 Å². The molecule has 0 bridgehead atoms. The Labute approximate surface area is 341 Å². The van der Waals surface area contributed by atoms with Gasteiger partial charge < -0.3 is 9.32 Å². The van der Waals surface area contributed by atoms with E-state index in [2.05, 4.69) is 215 Å². The average Bonchev–Trinajstić information content (AvgIpc) is 3.77. The molecule has 2 heteroatoms. The predicted octanol–water partition coefficient (Wildman–Crippen LogP) is 15.0. The van der Waals surface area contributed by atoms with Gasteiger partial charge in [0.25, 0.3) is 0 Å². The third kappa shape index (κ3) is 4.78. The summed E-state index contributed by atoms with van der Waals surface area (Å²) < 4.78 is 6.53. The molecule has 0 saturated heterocycles. The Morgan fingerprint density at radius 1 is 0.448 bits per heavy atom. The summed E-state index contributed by atoms with van der Waals surface area (Å²) in [6, 6.07) is 67.3. The molecule has 2 aliphatic rings. The summed E-state index contributed by atoms with van der Waals surface area (Å²) in [6.45, 7) is 11.9. The third-order valence-corrected chi connectivity index (χ3v) is 13.1. The van der Waals surface area contributed by atoms with Gasteiger partial charge in [-0.05, 0) is 97.4 Å². The van der Waals surface area contributed by atoms with Crippen LogP contribution in [0.15, 0.2) is 186 Å². The normalized spacial score (nSPS) is 16.2. The van der Waals surface area contributed by atoms with Crippen LogP contribution in [-0.4, -0.2) is 0 Å². The van der Waals surface area contributed by atoms with Gasteiger partial charge in [-0.3, -0.25) is 0 Å². The van der Waals surface area contributed by atoms with Gasteiger partial charge in [0.2, 0.25) is 0 Å². The highest BCUT2D eigenvalue weighted by Gasteiger charge is 2.54. The zero-order chi connectivity index (χ0) is 39.4. The van der Waals surface area contributed by atoms with Gasteiger partial charge in [0, 0.05) is 39.2 Å². The largest absolute Gasteiger partial charge is 0.456 e. The van der Waals surface area contributed by atoms with Gasteiger partial charge >= 0.3 is 0 Å². The van der Waals surface area contributed by atoms with E-state index in [9.17, 15) is 0 Å². The summed E-state index contributed by atoms with van der Waals surface area (Å²) in [5.74, 6) is 0. The van der Waals surface area contributed by atoms with Crippen LogP contribution in [0.4, 0.5) is 17.1 Å². The summed E-state index contributed by atoms with van der Waals surface area (Å²) in [5.41, 5.74) is 18.8. The second kappa shape index (κ2) is 12.4. The first-order valence-electron chi connectivity index (χ1n) is 20.5. The van der Waals surface area contributed by atoms with Crippen molar-refractivity contribution in [3.63, 3.8) is 0 Å². The Morgan fingerprint density at radius 2 is 1.05 bits per heavy atom. The molecule has 0 N–H and O–H groups in total. The van der Waals surface area contributed by atoms with Crippen LogP contribution in [0.25, 0.3) is 44.2 Å². The van der Waals surface area contributed by atoms with Crippen LogP contribution in [-0.2, 0) is 16.2 Å². The minimum atomic E-state index is -0.479. The van der Waals surface area contributed by atoms with Crippen molar-refractivity contribution in [3.8, 4) is 22.3 Å². The lowest BCUT2D eigenvalue weighted by molar-refractivity contribution is 0.561. The number of para-hydroxylation sites is 2. The van der Waals surface area contributed by atoms with E-state index in [0.717, 1.165) is 39.0 Å². The minimum Gasteiger partial charge on any atom is -0.456 e. The molecule has 0 saturated carbocycles. The Balaban J connectivity index is 1.21. The molecule has 2 nitrogen and oxygen atoms in total. The van der Waals surface area contributed by atoms with Gasteiger partial charge in [0.05, 0.1) is 11.1 Å². The number of benzene rings is 8. The van der Waals surface area contributed by atoms with Crippen molar-refractivity contribution in [2.24, 2.45) is 0 Å². The van der Waals surface area contributed by atoms with Crippen LogP contribution in [0.3, 0.4) is 0 Å². The first-order valence-corrected chi connectivity index (χ1v) is 20.5. The zero-order valence-corrected chi connectivity index (χ0v) is 33.7. The van der Waals surface area contributed by atoms with Crippen molar-refractivity contribution in [1.29, 1.82) is 0 Å². The molecule has 8 aromatic carbocycles. The van der Waals surface area contributed by atoms with E-state index in [-0.39, 0.29) is 10.8 Å². The highest BCUT2D eigenvalue weighted by molar-refractivity contribution is 6.06. The second-order valence-corrected chi connectivity index (χ2v) is 17.7. The Bertz CT molecular complexity index is 3090. The van der Waals surface area contributed by atoms with Crippen LogP contribution >= 0.6 is 0 Å². The molecule has 1 unspecified atom stereocenters. The molecular formula is C56H45NO. The van der Waals surface area contributed by atoms with Gasteiger partial charge in [0.15, 0.2) is 0 Å². The van der Waals surface area contributed by atoms with Crippen LogP contribution in [0.5, 0.6) is 0 Å². The molecule has 2 aliphatic carbocycles. The lowest BCUT2D eigenvalue weighted by Crippen LogP contribution is -2.40. The highest BCUT2D eigenvalue weighted by Crippen LogP contribution is 2.63. The van der Waals surface area contributed by atoms with Crippen LogP contribution in [0.1, 0.15) is 73.6 Å². The fourth-order valence-corrected chi connectivity index (χ4v) is 10.5. The summed E-state index contributed by atoms with van der Waals surface area (Å²) >= 11 is 0. The molecule has 1 spiro atoms. The summed E-state index contributed by atoms with van der Waals surface area (Å²) in [7, 11) is 0. The maximum absolute atomic E-state index is 6.53. The molecule has 1 heterocycles. The molecule has 0 amide bonds. The summed E-state index contributed by atoms with van der Waals surface area (Å²) in [5, 5.41) is 2.25. The Morgan fingerprint density at radius 3 is 1.86 bits per heavy atom. The van der Waals surface area contributed by atoms with E-state index in [1.54, 1.807) is 0 Å². The lowest BCUT2D eigenvalue weighted by atomic mass is 9.55. The zero-order valence-electron chi connectivity index (χ0n) is 33.7. The van der Waals surface area contributed by atoms with Crippen LogP contribution in [0, 0.1) is 0 Å². The van der Waals surface area contributed by atoms with Gasteiger partial charge in [-0.1, -0.05) is 174 Å².